The summed E-state index contributed by atoms with van der Waals surface area (Å²) in [6.07, 6.45) is 0. The van der Waals surface area contributed by atoms with Crippen LogP contribution in [0.15, 0.2) is 24.3 Å². The molecule has 1 saturated heterocycles. The summed E-state index contributed by atoms with van der Waals surface area (Å²) in [5, 5.41) is 7.74. The van der Waals surface area contributed by atoms with E-state index in [0.29, 0.717) is 19.0 Å². The summed E-state index contributed by atoms with van der Waals surface area (Å²) < 4.78 is 1.78. The van der Waals surface area contributed by atoms with Crippen molar-refractivity contribution in [3.8, 4) is 5.69 Å². The van der Waals surface area contributed by atoms with Crippen molar-refractivity contribution in [2.45, 2.75) is 26.7 Å². The van der Waals surface area contributed by atoms with Crippen LogP contribution in [0.1, 0.15) is 41.8 Å². The molecule has 0 radical (unpaired) electrons. The molecule has 3 rings (SSSR count). The van der Waals surface area contributed by atoms with E-state index in [1.165, 1.54) is 5.56 Å². The van der Waals surface area contributed by atoms with Gasteiger partial charge in [-0.1, -0.05) is 32.0 Å². The number of amides is 1. The highest BCUT2D eigenvalue weighted by Crippen LogP contribution is 2.23. The van der Waals surface area contributed by atoms with E-state index in [1.54, 1.807) is 4.68 Å². The van der Waals surface area contributed by atoms with Crippen LogP contribution in [0.3, 0.4) is 0 Å². The lowest BCUT2D eigenvalue weighted by molar-refractivity contribution is 0.0723. The minimum absolute atomic E-state index is 0.0876. The van der Waals surface area contributed by atoms with E-state index in [-0.39, 0.29) is 11.7 Å². The number of carbonyl (C=O) groups excluding carboxylic acids is 1. The van der Waals surface area contributed by atoms with Gasteiger partial charge in [0.05, 0.1) is 5.69 Å². The third-order valence-electron chi connectivity index (χ3n) is 4.15. The highest BCUT2D eigenvalue weighted by Gasteiger charge is 2.23. The zero-order chi connectivity index (χ0) is 16.4. The van der Waals surface area contributed by atoms with Gasteiger partial charge in [0.25, 0.3) is 5.91 Å². The SMILES string of the molecule is Cc1nc(C(=O)N2CCNCC2)nn1-c1ccccc1C(C)C. The Labute approximate surface area is 136 Å². The van der Waals surface area contributed by atoms with Gasteiger partial charge in [-0.15, -0.1) is 5.10 Å². The van der Waals surface area contributed by atoms with Gasteiger partial charge in [0, 0.05) is 26.2 Å². The number of nitrogens with one attached hydrogen (secondary N) is 1. The molecule has 122 valence electrons. The number of aromatic nitrogens is 3. The number of aryl methyl sites for hydroxylation is 1. The first-order valence-corrected chi connectivity index (χ1v) is 8.11. The molecular weight excluding hydrogens is 290 g/mol. The summed E-state index contributed by atoms with van der Waals surface area (Å²) in [5.41, 5.74) is 2.19. The summed E-state index contributed by atoms with van der Waals surface area (Å²) in [4.78, 5) is 18.8. The smallest absolute Gasteiger partial charge is 0.293 e. The van der Waals surface area contributed by atoms with Crippen LogP contribution in [-0.2, 0) is 0 Å². The Morgan fingerprint density at radius 3 is 2.61 bits per heavy atom. The minimum atomic E-state index is -0.0876. The second-order valence-corrected chi connectivity index (χ2v) is 6.15. The largest absolute Gasteiger partial charge is 0.333 e. The summed E-state index contributed by atoms with van der Waals surface area (Å²) in [5.74, 6) is 1.30. The van der Waals surface area contributed by atoms with Crippen molar-refractivity contribution >= 4 is 5.91 Å². The average molecular weight is 313 g/mol. The lowest BCUT2D eigenvalue weighted by Crippen LogP contribution is -2.46. The zero-order valence-corrected chi connectivity index (χ0v) is 13.9. The molecule has 1 aromatic carbocycles. The van der Waals surface area contributed by atoms with Crippen LogP contribution >= 0.6 is 0 Å². The van der Waals surface area contributed by atoms with Crippen LogP contribution in [0.25, 0.3) is 5.69 Å². The molecule has 1 N–H and O–H groups in total. The number of benzene rings is 1. The molecule has 0 unspecified atom stereocenters. The second kappa shape index (κ2) is 6.50. The Morgan fingerprint density at radius 2 is 1.91 bits per heavy atom. The van der Waals surface area contributed by atoms with Gasteiger partial charge >= 0.3 is 0 Å². The fourth-order valence-corrected chi connectivity index (χ4v) is 2.89. The van der Waals surface area contributed by atoms with E-state index in [1.807, 2.05) is 30.0 Å². The first-order valence-electron chi connectivity index (χ1n) is 8.11. The summed E-state index contributed by atoms with van der Waals surface area (Å²) >= 11 is 0. The van der Waals surface area contributed by atoms with Gasteiger partial charge in [-0.3, -0.25) is 4.79 Å². The maximum atomic E-state index is 12.6. The fraction of sp³-hybridized carbons (Fsp3) is 0.471. The predicted molar refractivity (Wildman–Crippen MR) is 89.0 cm³/mol. The third-order valence-corrected chi connectivity index (χ3v) is 4.15. The van der Waals surface area contributed by atoms with Crippen LogP contribution in [0.5, 0.6) is 0 Å². The number of rotatable bonds is 3. The van der Waals surface area contributed by atoms with E-state index < -0.39 is 0 Å². The lowest BCUT2D eigenvalue weighted by Gasteiger charge is -2.26. The number of hydrogen-bond acceptors (Lipinski definition) is 4. The first-order chi connectivity index (χ1) is 11.1. The topological polar surface area (TPSA) is 63.1 Å². The first kappa shape index (κ1) is 15.7. The molecule has 0 spiro atoms. The highest BCUT2D eigenvalue weighted by atomic mass is 16.2. The molecule has 1 fully saturated rings. The molecule has 0 saturated carbocycles. The van der Waals surface area contributed by atoms with Gasteiger partial charge in [0.1, 0.15) is 5.82 Å². The van der Waals surface area contributed by atoms with E-state index in [9.17, 15) is 4.79 Å². The van der Waals surface area contributed by atoms with Crippen molar-refractivity contribution in [1.29, 1.82) is 0 Å². The molecule has 0 bridgehead atoms. The Balaban J connectivity index is 1.94. The molecular formula is C17H23N5O. The Hall–Kier alpha value is -2.21. The Kier molecular flexibility index (Phi) is 4.43. The van der Waals surface area contributed by atoms with Crippen molar-refractivity contribution in [2.24, 2.45) is 0 Å². The molecule has 1 amide bonds. The minimum Gasteiger partial charge on any atom is -0.333 e. The molecule has 1 aromatic heterocycles. The monoisotopic (exact) mass is 313 g/mol. The van der Waals surface area contributed by atoms with Crippen LogP contribution in [0.2, 0.25) is 0 Å². The van der Waals surface area contributed by atoms with E-state index in [2.05, 4.69) is 35.3 Å². The van der Waals surface area contributed by atoms with Crippen LogP contribution in [-0.4, -0.2) is 51.8 Å². The van der Waals surface area contributed by atoms with Crippen LogP contribution in [0, 0.1) is 6.92 Å². The fourth-order valence-electron chi connectivity index (χ4n) is 2.89. The van der Waals surface area contributed by atoms with Crippen LogP contribution in [0.4, 0.5) is 0 Å². The molecule has 2 heterocycles. The van der Waals surface area contributed by atoms with Crippen molar-refractivity contribution < 1.29 is 4.79 Å². The van der Waals surface area contributed by atoms with Gasteiger partial charge in [-0.05, 0) is 24.5 Å². The summed E-state index contributed by atoms with van der Waals surface area (Å²) in [6.45, 7) is 9.24. The molecule has 6 heteroatoms. The van der Waals surface area contributed by atoms with Crippen molar-refractivity contribution in [3.05, 3.63) is 41.5 Å². The van der Waals surface area contributed by atoms with E-state index >= 15 is 0 Å². The predicted octanol–water partition coefficient (Wildman–Crippen LogP) is 1.74. The van der Waals surface area contributed by atoms with Crippen molar-refractivity contribution in [2.75, 3.05) is 26.2 Å². The normalized spacial score (nSPS) is 15.2. The average Bonchev–Trinajstić information content (AvgIpc) is 2.96. The van der Waals surface area contributed by atoms with Crippen molar-refractivity contribution in [3.63, 3.8) is 0 Å². The van der Waals surface area contributed by atoms with Crippen molar-refractivity contribution in [1.82, 2.24) is 25.0 Å². The van der Waals surface area contributed by atoms with Crippen LogP contribution < -0.4 is 5.32 Å². The standard InChI is InChI=1S/C17H23N5O/c1-12(2)14-6-4-5-7-15(14)22-13(3)19-16(20-22)17(23)21-10-8-18-9-11-21/h4-7,12,18H,8-11H2,1-3H3. The van der Waals surface area contributed by atoms with Gasteiger partial charge in [-0.2, -0.15) is 0 Å². The zero-order valence-electron chi connectivity index (χ0n) is 13.9. The quantitative estimate of drug-likeness (QED) is 0.937. The molecule has 0 atom stereocenters. The Bertz CT molecular complexity index is 701. The molecule has 1 aliphatic heterocycles. The number of para-hydroxylation sites is 1. The lowest BCUT2D eigenvalue weighted by atomic mass is 10.0. The maximum Gasteiger partial charge on any atom is 0.293 e. The van der Waals surface area contributed by atoms with Gasteiger partial charge < -0.3 is 10.2 Å². The van der Waals surface area contributed by atoms with Gasteiger partial charge in [0.2, 0.25) is 5.82 Å². The highest BCUT2D eigenvalue weighted by molar-refractivity contribution is 5.90. The molecule has 1 aliphatic rings. The Morgan fingerprint density at radius 1 is 1.22 bits per heavy atom. The number of carbonyl (C=O) groups is 1. The van der Waals surface area contributed by atoms with Gasteiger partial charge in [0.15, 0.2) is 0 Å². The molecule has 2 aromatic rings. The number of hydrogen-bond donors (Lipinski definition) is 1. The summed E-state index contributed by atoms with van der Waals surface area (Å²) in [7, 11) is 0. The molecule has 23 heavy (non-hydrogen) atoms. The summed E-state index contributed by atoms with van der Waals surface area (Å²) in [6, 6.07) is 8.13. The van der Waals surface area contributed by atoms with E-state index in [0.717, 1.165) is 24.6 Å². The number of nitrogens with zero attached hydrogens (tertiary/aromatic N) is 4. The molecule has 0 aliphatic carbocycles. The second-order valence-electron chi connectivity index (χ2n) is 6.15. The number of piperazine rings is 1. The third kappa shape index (κ3) is 3.12. The molecule has 6 nitrogen and oxygen atoms in total. The van der Waals surface area contributed by atoms with E-state index in [4.69, 9.17) is 0 Å². The maximum absolute atomic E-state index is 12.6. The van der Waals surface area contributed by atoms with Gasteiger partial charge in [-0.25, -0.2) is 9.67 Å².